The van der Waals surface area contributed by atoms with Crippen LogP contribution in [-0.2, 0) is 30.2 Å². The van der Waals surface area contributed by atoms with Crippen molar-refractivity contribution in [2.75, 3.05) is 7.11 Å². The van der Waals surface area contributed by atoms with Crippen molar-refractivity contribution in [3.8, 4) is 0 Å². The lowest BCUT2D eigenvalue weighted by atomic mass is 9.64. The first-order valence-corrected chi connectivity index (χ1v) is 12.9. The molecule has 8 heteroatoms. The molecule has 3 rings (SSSR count). The predicted molar refractivity (Wildman–Crippen MR) is 139 cm³/mol. The van der Waals surface area contributed by atoms with Crippen LogP contribution in [0.1, 0.15) is 39.7 Å². The molecule has 1 aromatic rings. The molecule has 2 unspecified atom stereocenters. The Morgan fingerprint density at radius 2 is 1.97 bits per heavy atom. The second-order valence-corrected chi connectivity index (χ2v) is 10.8. The largest absolute Gasteiger partial charge is 0.505 e. The molecule has 2 aliphatic rings. The third kappa shape index (κ3) is 6.43. The average molecular weight is 516 g/mol. The molecule has 10 atom stereocenters. The molecule has 0 spiro atoms. The summed E-state index contributed by atoms with van der Waals surface area (Å²) in [6, 6.07) is 9.64. The number of fused-ring (bicyclic) bond motifs is 1. The van der Waals surface area contributed by atoms with Crippen LogP contribution in [-0.4, -0.2) is 65.8 Å². The summed E-state index contributed by atoms with van der Waals surface area (Å²) in [5.41, 5.74) is -0.768. The van der Waals surface area contributed by atoms with Gasteiger partial charge >= 0.3 is 0 Å². The fraction of sp³-hybridized carbons (Fsp3) is 0.586. The number of aliphatic hydroxyl groups excluding tert-OH is 1. The zero-order valence-corrected chi connectivity index (χ0v) is 22.3. The van der Waals surface area contributed by atoms with Crippen LogP contribution in [0.3, 0.4) is 0 Å². The third-order valence-corrected chi connectivity index (χ3v) is 8.28. The summed E-state index contributed by atoms with van der Waals surface area (Å²) >= 11 is 0. The Labute approximate surface area is 219 Å². The highest BCUT2D eigenvalue weighted by Crippen LogP contribution is 2.57. The van der Waals surface area contributed by atoms with Crippen LogP contribution >= 0.6 is 0 Å². The van der Waals surface area contributed by atoms with Crippen LogP contribution in [0, 0.1) is 23.7 Å². The fourth-order valence-electron chi connectivity index (χ4n) is 5.92. The molecular formula is C29H41NO7. The molecule has 37 heavy (non-hydrogen) atoms. The van der Waals surface area contributed by atoms with Crippen LogP contribution in [0.25, 0.3) is 0 Å². The van der Waals surface area contributed by atoms with Crippen molar-refractivity contribution in [1.82, 2.24) is 5.32 Å². The van der Waals surface area contributed by atoms with Gasteiger partial charge in [-0.2, -0.15) is 0 Å². The Morgan fingerprint density at radius 1 is 1.27 bits per heavy atom. The molecule has 0 radical (unpaired) electrons. The van der Waals surface area contributed by atoms with Gasteiger partial charge in [0.1, 0.15) is 11.7 Å². The number of rotatable bonds is 14. The summed E-state index contributed by atoms with van der Waals surface area (Å²) in [6.45, 7) is 8.02. The van der Waals surface area contributed by atoms with E-state index in [0.29, 0.717) is 25.7 Å². The number of epoxide rings is 1. The van der Waals surface area contributed by atoms with Crippen molar-refractivity contribution < 1.29 is 34.0 Å². The lowest BCUT2D eigenvalue weighted by Gasteiger charge is -2.44. The molecule has 3 N–H and O–H groups in total. The van der Waals surface area contributed by atoms with Gasteiger partial charge in [0.15, 0.2) is 0 Å². The standard InChI is InChI=1S/C29H41NO7/c1-19(26(33)28(3,34)14-15-35-5)10-9-13-22-25(36-18-32)24(20(2)29(4)27(22)37-29)23(30-17-31)16-21-11-7-6-8-12-21/h6-9,11-15,17-20,22-27,33-34H,10,16H2,1-5H3,(H,30,31)/b13-9+,15-14+/t19-,20?,22+,23-,24-,25+,26?,27-,28+,29+/m0/s1. The van der Waals surface area contributed by atoms with E-state index in [2.05, 4.69) is 19.2 Å². The van der Waals surface area contributed by atoms with E-state index in [1.807, 2.05) is 49.4 Å². The van der Waals surface area contributed by atoms with Gasteiger partial charge in [-0.15, -0.1) is 0 Å². The van der Waals surface area contributed by atoms with Crippen molar-refractivity contribution in [3.63, 3.8) is 0 Å². The number of carbonyl (C=O) groups is 2. The molecule has 1 saturated carbocycles. The molecule has 1 heterocycles. The monoisotopic (exact) mass is 515 g/mol. The maximum Gasteiger partial charge on any atom is 0.293 e. The Bertz CT molecular complexity index is 949. The highest BCUT2D eigenvalue weighted by molar-refractivity contribution is 5.47. The highest BCUT2D eigenvalue weighted by Gasteiger charge is 2.68. The first kappa shape index (κ1) is 28.9. The van der Waals surface area contributed by atoms with Gasteiger partial charge in [-0.3, -0.25) is 9.59 Å². The van der Waals surface area contributed by atoms with E-state index in [4.69, 9.17) is 14.2 Å². The van der Waals surface area contributed by atoms with E-state index in [9.17, 15) is 19.8 Å². The smallest absolute Gasteiger partial charge is 0.293 e. The number of carbonyl (C=O) groups excluding carboxylic acids is 2. The van der Waals surface area contributed by atoms with Gasteiger partial charge in [-0.05, 0) is 50.2 Å². The molecule has 0 bridgehead atoms. The van der Waals surface area contributed by atoms with Gasteiger partial charge in [-0.25, -0.2) is 0 Å². The summed E-state index contributed by atoms with van der Waals surface area (Å²) in [7, 11) is 1.48. The number of benzene rings is 1. The average Bonchev–Trinajstić information content (AvgIpc) is 3.58. The first-order chi connectivity index (χ1) is 17.6. The molecule has 1 aromatic carbocycles. The summed E-state index contributed by atoms with van der Waals surface area (Å²) in [5, 5.41) is 24.2. The molecule has 1 saturated heterocycles. The fourth-order valence-corrected chi connectivity index (χ4v) is 5.92. The van der Waals surface area contributed by atoms with E-state index in [0.717, 1.165) is 5.56 Å². The molecule has 2 fully saturated rings. The Morgan fingerprint density at radius 3 is 2.59 bits per heavy atom. The lowest BCUT2D eigenvalue weighted by molar-refractivity contribution is -0.143. The summed E-state index contributed by atoms with van der Waals surface area (Å²) < 4.78 is 16.8. The lowest BCUT2D eigenvalue weighted by Crippen LogP contribution is -2.56. The number of hydrogen-bond acceptors (Lipinski definition) is 7. The normalized spacial score (nSPS) is 33.1. The summed E-state index contributed by atoms with van der Waals surface area (Å²) in [6.07, 6.45) is 6.87. The predicted octanol–water partition coefficient (Wildman–Crippen LogP) is 2.78. The van der Waals surface area contributed by atoms with E-state index in [-0.39, 0.29) is 35.8 Å². The Balaban J connectivity index is 1.82. The highest BCUT2D eigenvalue weighted by atomic mass is 16.6. The molecule has 8 nitrogen and oxygen atoms in total. The zero-order valence-electron chi connectivity index (χ0n) is 22.3. The maximum atomic E-state index is 11.6. The van der Waals surface area contributed by atoms with Crippen molar-refractivity contribution in [3.05, 3.63) is 60.4 Å². The topological polar surface area (TPSA) is 118 Å². The molecule has 1 aliphatic carbocycles. The number of methoxy groups -OCH3 is 1. The van der Waals surface area contributed by atoms with Crippen LogP contribution in [0.15, 0.2) is 54.8 Å². The zero-order chi connectivity index (χ0) is 27.2. The van der Waals surface area contributed by atoms with Crippen LogP contribution in [0.2, 0.25) is 0 Å². The van der Waals surface area contributed by atoms with E-state index >= 15 is 0 Å². The summed E-state index contributed by atoms with van der Waals surface area (Å²) in [5.74, 6) is -0.638. The van der Waals surface area contributed by atoms with Gasteiger partial charge < -0.3 is 29.7 Å². The molecule has 204 valence electrons. The molecule has 1 amide bonds. The summed E-state index contributed by atoms with van der Waals surface area (Å²) in [4.78, 5) is 23.2. The number of hydrogen-bond donors (Lipinski definition) is 3. The van der Waals surface area contributed by atoms with E-state index in [1.165, 1.54) is 26.4 Å². The van der Waals surface area contributed by atoms with Gasteiger partial charge in [-0.1, -0.05) is 56.3 Å². The number of allylic oxidation sites excluding steroid dienone is 1. The van der Waals surface area contributed by atoms with Gasteiger partial charge in [0.05, 0.1) is 31.2 Å². The second kappa shape index (κ2) is 12.2. The number of aliphatic hydroxyl groups is 2. The number of amides is 1. The minimum Gasteiger partial charge on any atom is -0.505 e. The second-order valence-electron chi connectivity index (χ2n) is 10.8. The Kier molecular flexibility index (Phi) is 9.56. The quantitative estimate of drug-likeness (QED) is 0.151. The number of nitrogens with one attached hydrogen (secondary N) is 1. The van der Waals surface area contributed by atoms with Gasteiger partial charge in [0.25, 0.3) is 6.47 Å². The molecular weight excluding hydrogens is 474 g/mol. The minimum absolute atomic E-state index is 0.0247. The molecule has 0 aromatic heterocycles. The van der Waals surface area contributed by atoms with Gasteiger partial charge in [0, 0.05) is 17.9 Å². The SMILES string of the molecule is CO/C=C/[C@@](C)(O)C(O)[C@@H](C)C/C=C/[C@@H]1[C@@H](OC=O)[C@H]([C@H](Cc2ccccc2)NC=O)C(C)[C@@]2(C)O[C@@H]12. The van der Waals surface area contributed by atoms with Gasteiger partial charge in [0.2, 0.25) is 6.41 Å². The van der Waals surface area contributed by atoms with E-state index < -0.39 is 23.4 Å². The van der Waals surface area contributed by atoms with Crippen molar-refractivity contribution in [2.24, 2.45) is 23.7 Å². The van der Waals surface area contributed by atoms with Crippen LogP contribution in [0.4, 0.5) is 0 Å². The first-order valence-electron chi connectivity index (χ1n) is 12.9. The van der Waals surface area contributed by atoms with E-state index in [1.54, 1.807) is 0 Å². The van der Waals surface area contributed by atoms with Crippen molar-refractivity contribution in [2.45, 2.75) is 76.1 Å². The number of ether oxygens (including phenoxy) is 3. The minimum atomic E-state index is -1.44. The maximum absolute atomic E-state index is 11.6. The molecule has 1 aliphatic heterocycles. The third-order valence-electron chi connectivity index (χ3n) is 8.28. The van der Waals surface area contributed by atoms with Crippen molar-refractivity contribution in [1.29, 1.82) is 0 Å². The van der Waals surface area contributed by atoms with Crippen LogP contribution < -0.4 is 5.32 Å². The Hall–Kier alpha value is -2.68. The van der Waals surface area contributed by atoms with Crippen LogP contribution in [0.5, 0.6) is 0 Å². The van der Waals surface area contributed by atoms with Crippen molar-refractivity contribution >= 4 is 12.9 Å².